The molecule has 0 aromatic heterocycles. The van der Waals surface area contributed by atoms with Crippen molar-refractivity contribution in [2.24, 2.45) is 11.7 Å². The van der Waals surface area contributed by atoms with Crippen LogP contribution in [-0.4, -0.2) is 42.1 Å². The minimum atomic E-state index is 0.175. The highest BCUT2D eigenvalue weighted by Gasteiger charge is 2.29. The fourth-order valence-electron chi connectivity index (χ4n) is 3.44. The molecule has 1 aliphatic carbocycles. The van der Waals surface area contributed by atoms with E-state index in [1.807, 2.05) is 0 Å². The van der Waals surface area contributed by atoms with Crippen molar-refractivity contribution in [3.8, 4) is 0 Å². The van der Waals surface area contributed by atoms with Gasteiger partial charge in [0.15, 0.2) is 0 Å². The maximum atomic E-state index is 12.5. The van der Waals surface area contributed by atoms with Crippen molar-refractivity contribution in [3.05, 3.63) is 0 Å². The summed E-state index contributed by atoms with van der Waals surface area (Å²) in [6.07, 6.45) is 7.55. The quantitative estimate of drug-likeness (QED) is 0.861. The molecular weight excluding hydrogens is 252 g/mol. The van der Waals surface area contributed by atoms with Gasteiger partial charge in [0.05, 0.1) is 18.8 Å². The van der Waals surface area contributed by atoms with Gasteiger partial charge < -0.3 is 15.4 Å². The molecule has 1 aliphatic heterocycles. The molecule has 2 rings (SSSR count). The molecule has 2 N–H and O–H groups in total. The van der Waals surface area contributed by atoms with Gasteiger partial charge in [-0.05, 0) is 51.4 Å². The fourth-order valence-corrected chi connectivity index (χ4v) is 3.44. The van der Waals surface area contributed by atoms with E-state index in [1.165, 1.54) is 12.8 Å². The second kappa shape index (κ2) is 7.41. The van der Waals surface area contributed by atoms with Gasteiger partial charge in [-0.1, -0.05) is 6.92 Å². The van der Waals surface area contributed by atoms with Crippen molar-refractivity contribution in [2.75, 3.05) is 13.2 Å². The van der Waals surface area contributed by atoms with Crippen molar-refractivity contribution in [3.63, 3.8) is 0 Å². The van der Waals surface area contributed by atoms with Gasteiger partial charge in [0.1, 0.15) is 0 Å². The molecule has 4 nitrogen and oxygen atoms in total. The molecule has 20 heavy (non-hydrogen) atoms. The summed E-state index contributed by atoms with van der Waals surface area (Å²) < 4.78 is 5.66. The Morgan fingerprint density at radius 2 is 2.00 bits per heavy atom. The summed E-state index contributed by atoms with van der Waals surface area (Å²) in [6, 6.07) is 0.671. The Kier molecular flexibility index (Phi) is 5.85. The minimum absolute atomic E-state index is 0.175. The van der Waals surface area contributed by atoms with Crippen LogP contribution in [0, 0.1) is 5.92 Å². The molecule has 0 bridgehead atoms. The Hall–Kier alpha value is -0.610. The highest BCUT2D eigenvalue weighted by Crippen LogP contribution is 2.27. The molecule has 1 saturated carbocycles. The minimum Gasteiger partial charge on any atom is -0.375 e. The Morgan fingerprint density at radius 1 is 1.30 bits per heavy atom. The van der Waals surface area contributed by atoms with E-state index in [-0.39, 0.29) is 12.1 Å². The lowest BCUT2D eigenvalue weighted by Crippen LogP contribution is -2.51. The van der Waals surface area contributed by atoms with Crippen LogP contribution in [0.1, 0.15) is 58.8 Å². The number of rotatable bonds is 4. The summed E-state index contributed by atoms with van der Waals surface area (Å²) in [5.74, 6) is 1.03. The first-order valence-electron chi connectivity index (χ1n) is 8.26. The number of nitrogens with two attached hydrogens (primary N) is 1. The van der Waals surface area contributed by atoms with Crippen LogP contribution in [-0.2, 0) is 9.53 Å². The first-order valence-corrected chi connectivity index (χ1v) is 8.26. The van der Waals surface area contributed by atoms with Gasteiger partial charge in [-0.25, -0.2) is 0 Å². The predicted octanol–water partition coefficient (Wildman–Crippen LogP) is 2.31. The van der Waals surface area contributed by atoms with E-state index in [4.69, 9.17) is 10.5 Å². The lowest BCUT2D eigenvalue weighted by Gasteiger charge is -2.38. The van der Waals surface area contributed by atoms with Gasteiger partial charge in [-0.15, -0.1) is 0 Å². The normalized spacial score (nSPS) is 35.0. The highest BCUT2D eigenvalue weighted by atomic mass is 16.5. The van der Waals surface area contributed by atoms with Gasteiger partial charge in [0.25, 0.3) is 0 Å². The van der Waals surface area contributed by atoms with Crippen molar-refractivity contribution >= 4 is 5.91 Å². The molecule has 1 saturated heterocycles. The van der Waals surface area contributed by atoms with Crippen molar-refractivity contribution in [2.45, 2.75) is 77.0 Å². The van der Waals surface area contributed by atoms with Crippen LogP contribution < -0.4 is 5.73 Å². The summed E-state index contributed by atoms with van der Waals surface area (Å²) in [5, 5.41) is 0. The lowest BCUT2D eigenvalue weighted by molar-refractivity contribution is -0.144. The van der Waals surface area contributed by atoms with E-state index in [0.717, 1.165) is 32.2 Å². The predicted molar refractivity (Wildman–Crippen MR) is 80.4 cm³/mol. The first kappa shape index (κ1) is 15.8. The van der Waals surface area contributed by atoms with Gasteiger partial charge in [0, 0.05) is 19.0 Å². The SMILES string of the molecule is CCC1COC(C)CN1C(=O)CCC1CCC(N)CC1. The van der Waals surface area contributed by atoms with Crippen LogP contribution in [0.5, 0.6) is 0 Å². The monoisotopic (exact) mass is 282 g/mol. The van der Waals surface area contributed by atoms with Gasteiger partial charge in [-0.2, -0.15) is 0 Å². The number of amides is 1. The largest absolute Gasteiger partial charge is 0.375 e. The van der Waals surface area contributed by atoms with Crippen LogP contribution in [0.25, 0.3) is 0 Å². The van der Waals surface area contributed by atoms with E-state index < -0.39 is 0 Å². The number of hydrogen-bond acceptors (Lipinski definition) is 3. The molecule has 4 heteroatoms. The Bertz CT molecular complexity index is 314. The number of ether oxygens (including phenoxy) is 1. The molecule has 2 aliphatic rings. The number of nitrogens with zero attached hydrogens (tertiary/aromatic N) is 1. The van der Waals surface area contributed by atoms with Crippen molar-refractivity contribution in [1.29, 1.82) is 0 Å². The molecule has 0 radical (unpaired) electrons. The summed E-state index contributed by atoms with van der Waals surface area (Å²) in [4.78, 5) is 14.5. The van der Waals surface area contributed by atoms with Crippen LogP contribution in [0.15, 0.2) is 0 Å². The van der Waals surface area contributed by atoms with Gasteiger partial charge in [-0.3, -0.25) is 4.79 Å². The van der Waals surface area contributed by atoms with Gasteiger partial charge in [0.2, 0.25) is 5.91 Å². The average molecular weight is 282 g/mol. The van der Waals surface area contributed by atoms with Crippen LogP contribution in [0.3, 0.4) is 0 Å². The zero-order valence-corrected chi connectivity index (χ0v) is 13.0. The maximum absolute atomic E-state index is 12.5. The average Bonchev–Trinajstić information content (AvgIpc) is 2.46. The fraction of sp³-hybridized carbons (Fsp3) is 0.938. The Labute approximate surface area is 123 Å². The van der Waals surface area contributed by atoms with E-state index >= 15 is 0 Å². The van der Waals surface area contributed by atoms with E-state index in [0.29, 0.717) is 30.9 Å². The first-order chi connectivity index (χ1) is 9.60. The molecule has 0 aromatic carbocycles. The second-order valence-electron chi connectivity index (χ2n) is 6.57. The zero-order chi connectivity index (χ0) is 14.5. The number of carbonyl (C=O) groups excluding carboxylic acids is 1. The molecule has 2 atom stereocenters. The third-order valence-electron chi connectivity index (χ3n) is 4.92. The molecule has 116 valence electrons. The standard InChI is InChI=1S/C16H30N2O2/c1-3-15-11-20-12(2)10-18(15)16(19)9-6-13-4-7-14(17)8-5-13/h12-15H,3-11,17H2,1-2H3. The smallest absolute Gasteiger partial charge is 0.222 e. The third kappa shape index (κ3) is 4.19. The maximum Gasteiger partial charge on any atom is 0.222 e. The molecule has 1 heterocycles. The molecule has 0 aromatic rings. The van der Waals surface area contributed by atoms with E-state index in [9.17, 15) is 4.79 Å². The van der Waals surface area contributed by atoms with Crippen LogP contribution in [0.4, 0.5) is 0 Å². The number of morpholine rings is 1. The van der Waals surface area contributed by atoms with Crippen molar-refractivity contribution in [1.82, 2.24) is 4.90 Å². The topological polar surface area (TPSA) is 55.6 Å². The summed E-state index contributed by atoms with van der Waals surface area (Å²) in [7, 11) is 0. The number of carbonyl (C=O) groups is 1. The molecular formula is C16H30N2O2. The zero-order valence-electron chi connectivity index (χ0n) is 13.0. The Balaban J connectivity index is 1.78. The summed E-state index contributed by atoms with van der Waals surface area (Å²) in [6.45, 7) is 5.63. The second-order valence-corrected chi connectivity index (χ2v) is 6.57. The van der Waals surface area contributed by atoms with E-state index in [1.54, 1.807) is 0 Å². The van der Waals surface area contributed by atoms with Crippen LogP contribution in [0.2, 0.25) is 0 Å². The molecule has 0 spiro atoms. The highest BCUT2D eigenvalue weighted by molar-refractivity contribution is 5.76. The summed E-state index contributed by atoms with van der Waals surface area (Å²) >= 11 is 0. The van der Waals surface area contributed by atoms with E-state index in [2.05, 4.69) is 18.7 Å². The van der Waals surface area contributed by atoms with Crippen LogP contribution >= 0.6 is 0 Å². The third-order valence-corrected chi connectivity index (χ3v) is 4.92. The molecule has 1 amide bonds. The van der Waals surface area contributed by atoms with Gasteiger partial charge >= 0.3 is 0 Å². The lowest BCUT2D eigenvalue weighted by atomic mass is 9.83. The molecule has 2 fully saturated rings. The number of hydrogen-bond donors (Lipinski definition) is 1. The van der Waals surface area contributed by atoms with Crippen molar-refractivity contribution < 1.29 is 9.53 Å². The molecule has 2 unspecified atom stereocenters. The summed E-state index contributed by atoms with van der Waals surface area (Å²) in [5.41, 5.74) is 5.93. The Morgan fingerprint density at radius 3 is 2.65 bits per heavy atom.